The zero-order chi connectivity index (χ0) is 24.6. The molecular formula is C28H30N4O3. The lowest BCUT2D eigenvalue weighted by Crippen LogP contribution is -2.49. The molecule has 180 valence electrons. The highest BCUT2D eigenvalue weighted by atomic mass is 16.6. The van der Waals surface area contributed by atoms with E-state index in [0.29, 0.717) is 25.1 Å². The minimum absolute atomic E-state index is 0.311. The van der Waals surface area contributed by atoms with E-state index in [1.165, 1.54) is 0 Å². The fraction of sp³-hybridized carbons (Fsp3) is 0.250. The molecule has 1 amide bonds. The number of amides is 1. The number of aliphatic hydroxyl groups is 1. The molecule has 5 rings (SSSR count). The van der Waals surface area contributed by atoms with Crippen molar-refractivity contribution in [2.45, 2.75) is 37.9 Å². The zero-order valence-corrected chi connectivity index (χ0v) is 20.0. The van der Waals surface area contributed by atoms with Gasteiger partial charge in [0.2, 0.25) is 0 Å². The minimum Gasteiger partial charge on any atom is -0.437 e. The van der Waals surface area contributed by atoms with Crippen LogP contribution >= 0.6 is 0 Å². The second-order valence-electron chi connectivity index (χ2n) is 9.78. The Labute approximate surface area is 205 Å². The number of benzene rings is 3. The van der Waals surface area contributed by atoms with Crippen LogP contribution in [0.5, 0.6) is 0 Å². The minimum atomic E-state index is -0.996. The Balaban J connectivity index is 1.34. The van der Waals surface area contributed by atoms with Crippen LogP contribution in [0.4, 0.5) is 16.2 Å². The predicted octanol–water partition coefficient (Wildman–Crippen LogP) is 5.48. The number of nitrogens with zero attached hydrogens (tertiary/aromatic N) is 1. The molecule has 7 nitrogen and oxygen atoms in total. The van der Waals surface area contributed by atoms with Crippen molar-refractivity contribution in [1.29, 1.82) is 0 Å². The molecule has 1 atom stereocenters. The third-order valence-corrected chi connectivity index (χ3v) is 6.55. The molecule has 0 unspecified atom stereocenters. The molecule has 35 heavy (non-hydrogen) atoms. The standard InChI is InChI=1S/C28H30N4O3/c1-19(20-9-11-21(12-10-20)22-13-14-24-25(17-22)30-31-29-24)32-16-15-28(35-26(32)33,18-27(2,3)34)23-7-5-4-6-8-23/h4-14,17,29-31,34H,1,15-16,18H2,2-3H3/t28-/m0/s1. The molecule has 0 aliphatic carbocycles. The van der Waals surface area contributed by atoms with Crippen molar-refractivity contribution in [1.82, 2.24) is 10.4 Å². The third kappa shape index (κ3) is 4.60. The van der Waals surface area contributed by atoms with Gasteiger partial charge in [-0.25, -0.2) is 4.79 Å². The average molecular weight is 471 g/mol. The summed E-state index contributed by atoms with van der Waals surface area (Å²) in [7, 11) is 0. The molecular weight excluding hydrogens is 440 g/mol. The number of anilines is 2. The molecule has 0 aromatic heterocycles. The summed E-state index contributed by atoms with van der Waals surface area (Å²) < 4.78 is 6.07. The Morgan fingerprint density at radius 3 is 2.40 bits per heavy atom. The SMILES string of the molecule is C=C(c1ccc(-c2ccc3c(c2)NNN3)cc1)N1CC[C@](CC(C)(C)O)(c2ccccc2)OC1=O. The first-order valence-electron chi connectivity index (χ1n) is 11.7. The van der Waals surface area contributed by atoms with E-state index in [0.717, 1.165) is 33.6 Å². The first-order chi connectivity index (χ1) is 16.7. The van der Waals surface area contributed by atoms with Crippen LogP contribution < -0.4 is 16.4 Å². The van der Waals surface area contributed by atoms with Crippen LogP contribution in [0.3, 0.4) is 0 Å². The van der Waals surface area contributed by atoms with E-state index in [4.69, 9.17) is 4.74 Å². The number of hydrogen-bond acceptors (Lipinski definition) is 6. The van der Waals surface area contributed by atoms with Crippen molar-refractivity contribution in [3.8, 4) is 11.1 Å². The van der Waals surface area contributed by atoms with Crippen LogP contribution in [0.25, 0.3) is 16.8 Å². The molecule has 2 aliphatic heterocycles. The first kappa shape index (κ1) is 23.0. The van der Waals surface area contributed by atoms with Gasteiger partial charge in [-0.15, -0.1) is 5.53 Å². The Kier molecular flexibility index (Phi) is 5.75. The summed E-state index contributed by atoms with van der Waals surface area (Å²) in [5.41, 5.74) is 13.6. The normalized spacial score (nSPS) is 19.4. The van der Waals surface area contributed by atoms with Crippen molar-refractivity contribution in [2.75, 3.05) is 17.4 Å². The van der Waals surface area contributed by atoms with Crippen molar-refractivity contribution >= 4 is 23.2 Å². The quantitative estimate of drug-likeness (QED) is 0.382. The Morgan fingerprint density at radius 1 is 1.03 bits per heavy atom. The van der Waals surface area contributed by atoms with Crippen molar-refractivity contribution in [3.05, 3.63) is 90.5 Å². The lowest BCUT2D eigenvalue weighted by atomic mass is 9.80. The Bertz CT molecular complexity index is 1250. The topological polar surface area (TPSA) is 85.9 Å². The van der Waals surface area contributed by atoms with Gasteiger partial charge in [0.1, 0.15) is 5.60 Å². The highest BCUT2D eigenvalue weighted by Crippen LogP contribution is 2.42. The molecule has 0 spiro atoms. The maximum atomic E-state index is 13.2. The van der Waals surface area contributed by atoms with Crippen LogP contribution in [0, 0.1) is 0 Å². The van der Waals surface area contributed by atoms with Crippen LogP contribution in [-0.2, 0) is 10.3 Å². The van der Waals surface area contributed by atoms with Gasteiger partial charge in [0.15, 0.2) is 0 Å². The molecule has 2 aliphatic rings. The van der Waals surface area contributed by atoms with E-state index in [-0.39, 0.29) is 0 Å². The van der Waals surface area contributed by atoms with Gasteiger partial charge in [0.25, 0.3) is 0 Å². The van der Waals surface area contributed by atoms with Gasteiger partial charge in [-0.3, -0.25) is 4.90 Å². The van der Waals surface area contributed by atoms with E-state index >= 15 is 0 Å². The smallest absolute Gasteiger partial charge is 0.415 e. The second kappa shape index (κ2) is 8.76. The zero-order valence-electron chi connectivity index (χ0n) is 20.0. The van der Waals surface area contributed by atoms with Gasteiger partial charge in [-0.05, 0) is 48.2 Å². The molecule has 1 saturated heterocycles. The summed E-state index contributed by atoms with van der Waals surface area (Å²) in [6.07, 6.45) is 0.405. The number of hydrogen-bond donors (Lipinski definition) is 4. The summed E-state index contributed by atoms with van der Waals surface area (Å²) in [5, 5.41) is 10.6. The van der Waals surface area contributed by atoms with Gasteiger partial charge >= 0.3 is 6.09 Å². The number of hydrazine groups is 2. The van der Waals surface area contributed by atoms with Gasteiger partial charge in [-0.1, -0.05) is 67.2 Å². The van der Waals surface area contributed by atoms with Crippen molar-refractivity contribution in [2.24, 2.45) is 0 Å². The molecule has 0 radical (unpaired) electrons. The fourth-order valence-corrected chi connectivity index (χ4v) is 4.89. The largest absolute Gasteiger partial charge is 0.437 e. The predicted molar refractivity (Wildman–Crippen MR) is 138 cm³/mol. The van der Waals surface area contributed by atoms with E-state index in [2.05, 4.69) is 35.1 Å². The lowest BCUT2D eigenvalue weighted by Gasteiger charge is -2.44. The molecule has 4 N–H and O–H groups in total. The van der Waals surface area contributed by atoms with E-state index in [1.54, 1.807) is 18.7 Å². The second-order valence-corrected chi connectivity index (χ2v) is 9.78. The Morgan fingerprint density at radius 2 is 1.71 bits per heavy atom. The number of carbonyl (C=O) groups is 1. The van der Waals surface area contributed by atoms with E-state index in [1.807, 2.05) is 60.7 Å². The third-order valence-electron chi connectivity index (χ3n) is 6.55. The number of carbonyl (C=O) groups excluding carboxylic acids is 1. The summed E-state index contributed by atoms with van der Waals surface area (Å²) in [5.74, 6) is 0. The van der Waals surface area contributed by atoms with Crippen LogP contribution in [0.2, 0.25) is 0 Å². The summed E-state index contributed by atoms with van der Waals surface area (Å²) in [4.78, 5) is 14.8. The summed E-state index contributed by atoms with van der Waals surface area (Å²) in [6.45, 7) is 8.12. The molecule has 2 heterocycles. The summed E-state index contributed by atoms with van der Waals surface area (Å²) in [6, 6.07) is 23.8. The maximum Gasteiger partial charge on any atom is 0.415 e. The molecule has 7 heteroatoms. The van der Waals surface area contributed by atoms with Gasteiger partial charge < -0.3 is 20.7 Å². The highest BCUT2D eigenvalue weighted by Gasteiger charge is 2.45. The number of nitrogens with one attached hydrogen (secondary N) is 3. The monoisotopic (exact) mass is 470 g/mol. The molecule has 0 saturated carbocycles. The Hall–Kier alpha value is -3.81. The summed E-state index contributed by atoms with van der Waals surface area (Å²) >= 11 is 0. The average Bonchev–Trinajstić information content (AvgIpc) is 3.31. The number of cyclic esters (lactones) is 1. The van der Waals surface area contributed by atoms with Crippen LogP contribution in [0.1, 0.15) is 37.8 Å². The van der Waals surface area contributed by atoms with E-state index < -0.39 is 17.3 Å². The molecule has 3 aromatic rings. The maximum absolute atomic E-state index is 13.2. The van der Waals surface area contributed by atoms with Crippen LogP contribution in [0.15, 0.2) is 79.4 Å². The van der Waals surface area contributed by atoms with Gasteiger partial charge in [0, 0.05) is 25.1 Å². The van der Waals surface area contributed by atoms with Crippen molar-refractivity contribution < 1.29 is 14.6 Å². The van der Waals surface area contributed by atoms with Crippen molar-refractivity contribution in [3.63, 3.8) is 0 Å². The first-order valence-corrected chi connectivity index (χ1v) is 11.7. The van der Waals surface area contributed by atoms with Crippen LogP contribution in [-0.4, -0.2) is 28.2 Å². The molecule has 1 fully saturated rings. The van der Waals surface area contributed by atoms with Gasteiger partial charge in [0.05, 0.1) is 17.0 Å². The molecule has 0 bridgehead atoms. The lowest BCUT2D eigenvalue weighted by molar-refractivity contribution is -0.0889. The highest BCUT2D eigenvalue weighted by molar-refractivity contribution is 5.83. The number of fused-ring (bicyclic) bond motifs is 1. The van der Waals surface area contributed by atoms with Gasteiger partial charge in [-0.2, -0.15) is 0 Å². The fourth-order valence-electron chi connectivity index (χ4n) is 4.89. The van der Waals surface area contributed by atoms with E-state index in [9.17, 15) is 9.90 Å². The number of ether oxygens (including phenoxy) is 1. The number of rotatable bonds is 6. The molecule has 3 aromatic carbocycles.